The number of carbonyl (C=O) groups excluding carboxylic acids is 2. The molecule has 1 amide bonds. The Morgan fingerprint density at radius 2 is 1.34 bits per heavy atom. The van der Waals surface area contributed by atoms with Crippen molar-refractivity contribution in [1.82, 2.24) is 0 Å². The number of anilines is 1. The van der Waals surface area contributed by atoms with Crippen molar-refractivity contribution in [3.63, 3.8) is 0 Å². The van der Waals surface area contributed by atoms with Gasteiger partial charge in [-0.25, -0.2) is 4.79 Å². The van der Waals surface area contributed by atoms with Gasteiger partial charge in [0.15, 0.2) is 0 Å². The number of hydrogen-bond donors (Lipinski definition) is 2. The smallest absolute Gasteiger partial charge is 0.338 e. The molecule has 29 heavy (non-hydrogen) atoms. The zero-order valence-electron chi connectivity index (χ0n) is 15.5. The zero-order chi connectivity index (χ0) is 20.6. The molecule has 0 bridgehead atoms. The van der Waals surface area contributed by atoms with Crippen LogP contribution in [-0.2, 0) is 9.53 Å². The molecular formula is C23H19NO5. The molecule has 0 aliphatic carbocycles. The molecule has 3 rings (SSSR count). The lowest BCUT2D eigenvalue weighted by Crippen LogP contribution is -2.18. The molecule has 0 heterocycles. The Kier molecular flexibility index (Phi) is 6.37. The fourth-order valence-corrected chi connectivity index (χ4v) is 2.74. The van der Waals surface area contributed by atoms with Gasteiger partial charge in [0.2, 0.25) is 0 Å². The number of ether oxygens (including phenoxy) is 1. The van der Waals surface area contributed by atoms with E-state index in [1.54, 1.807) is 24.3 Å². The first-order chi connectivity index (χ1) is 14.0. The molecule has 3 aromatic carbocycles. The lowest BCUT2D eigenvalue weighted by atomic mass is 10.0. The van der Waals surface area contributed by atoms with Gasteiger partial charge in [-0.3, -0.25) is 9.59 Å². The Morgan fingerprint density at radius 1 is 0.759 bits per heavy atom. The third kappa shape index (κ3) is 5.29. The molecule has 146 valence electrons. The molecule has 0 unspecified atom stereocenters. The van der Waals surface area contributed by atoms with Gasteiger partial charge in [-0.1, -0.05) is 54.6 Å². The van der Waals surface area contributed by atoms with Gasteiger partial charge in [-0.2, -0.15) is 0 Å². The number of amides is 1. The van der Waals surface area contributed by atoms with Gasteiger partial charge in [0, 0.05) is 5.69 Å². The number of nitrogens with one attached hydrogen (secondary N) is 1. The van der Waals surface area contributed by atoms with Crippen LogP contribution in [-0.4, -0.2) is 29.6 Å². The van der Waals surface area contributed by atoms with Gasteiger partial charge in [0.25, 0.3) is 5.91 Å². The third-order valence-corrected chi connectivity index (χ3v) is 4.19. The van der Waals surface area contributed by atoms with E-state index in [0.29, 0.717) is 5.69 Å². The second-order valence-electron chi connectivity index (χ2n) is 6.22. The Balaban J connectivity index is 1.71. The molecule has 6 nitrogen and oxygen atoms in total. The monoisotopic (exact) mass is 389 g/mol. The Bertz CT molecular complexity index is 1010. The van der Waals surface area contributed by atoms with Gasteiger partial charge in [0.05, 0.1) is 17.5 Å². The molecule has 3 aromatic rings. The summed E-state index contributed by atoms with van der Waals surface area (Å²) in [5.74, 6) is -2.26. The lowest BCUT2D eigenvalue weighted by molar-refractivity contribution is -0.137. The highest BCUT2D eigenvalue weighted by atomic mass is 16.5. The zero-order valence-corrected chi connectivity index (χ0v) is 15.5. The van der Waals surface area contributed by atoms with E-state index in [-0.39, 0.29) is 24.2 Å². The SMILES string of the molecule is O=C(O)CCOC(=O)c1ccccc1C(=O)Nc1ccc(-c2ccccc2)cc1. The van der Waals surface area contributed by atoms with Gasteiger partial charge >= 0.3 is 11.9 Å². The van der Waals surface area contributed by atoms with Crippen molar-refractivity contribution >= 4 is 23.5 Å². The van der Waals surface area contributed by atoms with Gasteiger partial charge in [-0.05, 0) is 35.4 Å². The fraction of sp³-hybridized carbons (Fsp3) is 0.0870. The number of hydrogen-bond acceptors (Lipinski definition) is 4. The molecule has 0 saturated heterocycles. The summed E-state index contributed by atoms with van der Waals surface area (Å²) in [6, 6.07) is 23.5. The Hall–Kier alpha value is -3.93. The summed E-state index contributed by atoms with van der Waals surface area (Å²) in [6.45, 7) is -0.259. The van der Waals surface area contributed by atoms with Crippen molar-refractivity contribution in [1.29, 1.82) is 0 Å². The number of carboxylic acids is 1. The molecule has 0 aliphatic rings. The topological polar surface area (TPSA) is 92.7 Å². The van der Waals surface area contributed by atoms with Gasteiger partial charge in [0.1, 0.15) is 6.61 Å². The van der Waals surface area contributed by atoms with E-state index < -0.39 is 17.8 Å². The molecule has 2 N–H and O–H groups in total. The molecule has 0 atom stereocenters. The molecule has 6 heteroatoms. The van der Waals surface area contributed by atoms with Crippen LogP contribution < -0.4 is 5.32 Å². The number of rotatable bonds is 7. The average Bonchev–Trinajstić information content (AvgIpc) is 2.74. The van der Waals surface area contributed by atoms with E-state index in [9.17, 15) is 14.4 Å². The maximum atomic E-state index is 12.7. The van der Waals surface area contributed by atoms with E-state index in [2.05, 4.69) is 5.32 Å². The van der Waals surface area contributed by atoms with Crippen LogP contribution in [0.4, 0.5) is 5.69 Å². The number of aliphatic carboxylic acids is 1. The number of benzene rings is 3. The quantitative estimate of drug-likeness (QED) is 0.590. The van der Waals surface area contributed by atoms with Crippen molar-refractivity contribution < 1.29 is 24.2 Å². The summed E-state index contributed by atoms with van der Waals surface area (Å²) in [6.07, 6.45) is -0.298. The van der Waals surface area contributed by atoms with Crippen molar-refractivity contribution in [2.45, 2.75) is 6.42 Å². The van der Waals surface area contributed by atoms with Crippen LogP contribution in [0.3, 0.4) is 0 Å². The predicted molar refractivity (Wildman–Crippen MR) is 109 cm³/mol. The third-order valence-electron chi connectivity index (χ3n) is 4.19. The van der Waals surface area contributed by atoms with E-state index in [0.717, 1.165) is 11.1 Å². The first-order valence-corrected chi connectivity index (χ1v) is 8.99. The summed E-state index contributed by atoms with van der Waals surface area (Å²) >= 11 is 0. The first-order valence-electron chi connectivity index (χ1n) is 8.99. The number of esters is 1. The van der Waals surface area contributed by atoms with Crippen molar-refractivity contribution in [2.75, 3.05) is 11.9 Å². The molecule has 0 aromatic heterocycles. The summed E-state index contributed by atoms with van der Waals surface area (Å²) in [7, 11) is 0. The van der Waals surface area contributed by atoms with Crippen LogP contribution in [0.2, 0.25) is 0 Å². The lowest BCUT2D eigenvalue weighted by Gasteiger charge is -2.10. The largest absolute Gasteiger partial charge is 0.481 e. The molecule has 0 spiro atoms. The normalized spacial score (nSPS) is 10.2. The van der Waals surface area contributed by atoms with Crippen molar-refractivity contribution in [3.05, 3.63) is 90.0 Å². The molecular weight excluding hydrogens is 370 g/mol. The number of carboxylic acid groups (broad SMARTS) is 1. The minimum atomic E-state index is -1.07. The summed E-state index contributed by atoms with van der Waals surface area (Å²) < 4.78 is 4.94. The minimum Gasteiger partial charge on any atom is -0.481 e. The van der Waals surface area contributed by atoms with Crippen LogP contribution in [0, 0.1) is 0 Å². The van der Waals surface area contributed by atoms with Crippen LogP contribution in [0.15, 0.2) is 78.9 Å². The fourth-order valence-electron chi connectivity index (χ4n) is 2.74. The summed E-state index contributed by atoms with van der Waals surface area (Å²) in [5, 5.41) is 11.4. The standard InChI is InChI=1S/C23H19NO5/c25-21(26)14-15-29-23(28)20-9-5-4-8-19(20)22(27)24-18-12-10-17(11-13-18)16-6-2-1-3-7-16/h1-13H,14-15H2,(H,24,27)(H,25,26). The van der Waals surface area contributed by atoms with E-state index in [1.165, 1.54) is 12.1 Å². The van der Waals surface area contributed by atoms with E-state index >= 15 is 0 Å². The molecule has 0 fully saturated rings. The van der Waals surface area contributed by atoms with Crippen LogP contribution >= 0.6 is 0 Å². The van der Waals surface area contributed by atoms with Crippen LogP contribution in [0.1, 0.15) is 27.1 Å². The second kappa shape index (κ2) is 9.32. The average molecular weight is 389 g/mol. The number of carbonyl (C=O) groups is 3. The molecule has 0 saturated carbocycles. The Labute approximate surface area is 167 Å². The van der Waals surface area contributed by atoms with E-state index in [4.69, 9.17) is 9.84 Å². The van der Waals surface area contributed by atoms with Gasteiger partial charge < -0.3 is 15.2 Å². The predicted octanol–water partition coefficient (Wildman–Crippen LogP) is 4.24. The maximum absolute atomic E-state index is 12.7. The summed E-state index contributed by atoms with van der Waals surface area (Å²) in [4.78, 5) is 35.4. The van der Waals surface area contributed by atoms with Crippen molar-refractivity contribution in [3.8, 4) is 11.1 Å². The van der Waals surface area contributed by atoms with Crippen LogP contribution in [0.25, 0.3) is 11.1 Å². The Morgan fingerprint density at radius 3 is 2.00 bits per heavy atom. The highest BCUT2D eigenvalue weighted by molar-refractivity contribution is 6.11. The maximum Gasteiger partial charge on any atom is 0.338 e. The van der Waals surface area contributed by atoms with Crippen molar-refractivity contribution in [2.24, 2.45) is 0 Å². The van der Waals surface area contributed by atoms with E-state index in [1.807, 2.05) is 42.5 Å². The first kappa shape index (κ1) is 19.8. The molecule has 0 aliphatic heterocycles. The van der Waals surface area contributed by atoms with Crippen LogP contribution in [0.5, 0.6) is 0 Å². The highest BCUT2D eigenvalue weighted by Gasteiger charge is 2.18. The highest BCUT2D eigenvalue weighted by Crippen LogP contribution is 2.21. The molecule has 0 radical (unpaired) electrons. The van der Waals surface area contributed by atoms with Gasteiger partial charge in [-0.15, -0.1) is 0 Å². The second-order valence-corrected chi connectivity index (χ2v) is 6.22. The minimum absolute atomic E-state index is 0.0799. The summed E-state index contributed by atoms with van der Waals surface area (Å²) in [5.41, 5.74) is 2.91.